The highest BCUT2D eigenvalue weighted by atomic mass is 16.2. The number of hydrogen-bond donors (Lipinski definition) is 2. The van der Waals surface area contributed by atoms with Gasteiger partial charge in [0, 0.05) is 11.7 Å². The summed E-state index contributed by atoms with van der Waals surface area (Å²) in [5.74, 6) is 0.725. The zero-order chi connectivity index (χ0) is 13.0. The zero-order valence-electron chi connectivity index (χ0n) is 11.2. The van der Waals surface area contributed by atoms with E-state index >= 15 is 0 Å². The summed E-state index contributed by atoms with van der Waals surface area (Å²) < 4.78 is 0. The number of rotatable bonds is 2. The topological polar surface area (TPSA) is 41.1 Å². The van der Waals surface area contributed by atoms with E-state index in [-0.39, 0.29) is 6.03 Å². The van der Waals surface area contributed by atoms with Gasteiger partial charge in [-0.05, 0) is 43.4 Å². The third kappa shape index (κ3) is 3.76. The summed E-state index contributed by atoms with van der Waals surface area (Å²) in [5.41, 5.74) is 2.01. The van der Waals surface area contributed by atoms with Crippen LogP contribution in [0.1, 0.15) is 38.2 Å². The van der Waals surface area contributed by atoms with Crippen LogP contribution in [-0.2, 0) is 0 Å². The monoisotopic (exact) mass is 246 g/mol. The zero-order valence-corrected chi connectivity index (χ0v) is 11.2. The van der Waals surface area contributed by atoms with Gasteiger partial charge in [-0.2, -0.15) is 0 Å². The van der Waals surface area contributed by atoms with Crippen LogP contribution >= 0.6 is 0 Å². The number of carbonyl (C=O) groups is 1. The second kappa shape index (κ2) is 5.89. The van der Waals surface area contributed by atoms with Gasteiger partial charge in [-0.3, -0.25) is 0 Å². The normalized spacial score (nSPS) is 23.4. The van der Waals surface area contributed by atoms with E-state index in [0.717, 1.165) is 30.0 Å². The van der Waals surface area contributed by atoms with E-state index in [1.165, 1.54) is 12.8 Å². The summed E-state index contributed by atoms with van der Waals surface area (Å²) in [7, 11) is 0. The first-order valence-electron chi connectivity index (χ1n) is 6.77. The summed E-state index contributed by atoms with van der Waals surface area (Å²) in [5, 5.41) is 5.96. The average Bonchev–Trinajstić information content (AvgIpc) is 2.28. The van der Waals surface area contributed by atoms with Gasteiger partial charge in [0.2, 0.25) is 0 Å². The van der Waals surface area contributed by atoms with Crippen molar-refractivity contribution in [1.82, 2.24) is 5.32 Å². The van der Waals surface area contributed by atoms with Gasteiger partial charge in [-0.15, -0.1) is 0 Å². The van der Waals surface area contributed by atoms with Gasteiger partial charge in [0.15, 0.2) is 0 Å². The maximum absolute atomic E-state index is 11.9. The molecule has 1 aromatic rings. The molecule has 0 saturated heterocycles. The number of amides is 2. The Balaban J connectivity index is 1.85. The van der Waals surface area contributed by atoms with Crippen LogP contribution in [0.3, 0.4) is 0 Å². The number of urea groups is 1. The van der Waals surface area contributed by atoms with Crippen LogP contribution in [0.4, 0.5) is 10.5 Å². The average molecular weight is 246 g/mol. The first-order valence-corrected chi connectivity index (χ1v) is 6.77. The Hall–Kier alpha value is -1.51. The summed E-state index contributed by atoms with van der Waals surface area (Å²) in [6.45, 7) is 4.28. The summed E-state index contributed by atoms with van der Waals surface area (Å²) in [4.78, 5) is 11.9. The van der Waals surface area contributed by atoms with Crippen LogP contribution in [0, 0.1) is 12.8 Å². The van der Waals surface area contributed by atoms with Gasteiger partial charge in [0.25, 0.3) is 0 Å². The quantitative estimate of drug-likeness (QED) is 0.821. The van der Waals surface area contributed by atoms with Crippen LogP contribution in [-0.4, -0.2) is 12.1 Å². The molecular weight excluding hydrogens is 224 g/mol. The molecule has 0 spiro atoms. The summed E-state index contributed by atoms with van der Waals surface area (Å²) >= 11 is 0. The van der Waals surface area contributed by atoms with Gasteiger partial charge in [0.1, 0.15) is 0 Å². The van der Waals surface area contributed by atoms with Gasteiger partial charge in [-0.25, -0.2) is 4.79 Å². The lowest BCUT2D eigenvalue weighted by atomic mass is 9.87. The molecule has 0 bridgehead atoms. The molecule has 0 radical (unpaired) electrons. The van der Waals surface area contributed by atoms with Crippen molar-refractivity contribution in [1.29, 1.82) is 0 Å². The second-order valence-corrected chi connectivity index (χ2v) is 5.44. The Kier molecular flexibility index (Phi) is 4.24. The molecule has 3 nitrogen and oxygen atoms in total. The van der Waals surface area contributed by atoms with Crippen LogP contribution in [0.25, 0.3) is 0 Å². The van der Waals surface area contributed by atoms with E-state index < -0.39 is 0 Å². The van der Waals surface area contributed by atoms with Crippen molar-refractivity contribution in [3.63, 3.8) is 0 Å². The highest BCUT2D eigenvalue weighted by molar-refractivity contribution is 5.89. The van der Waals surface area contributed by atoms with Crippen LogP contribution < -0.4 is 10.6 Å². The lowest BCUT2D eigenvalue weighted by Crippen LogP contribution is -2.40. The predicted octanol–water partition coefficient (Wildman–Crippen LogP) is 3.70. The Morgan fingerprint density at radius 3 is 2.89 bits per heavy atom. The number of benzene rings is 1. The molecule has 1 fully saturated rings. The van der Waals surface area contributed by atoms with Crippen LogP contribution in [0.15, 0.2) is 24.3 Å². The molecule has 0 unspecified atom stereocenters. The Morgan fingerprint density at radius 1 is 1.33 bits per heavy atom. The van der Waals surface area contributed by atoms with Gasteiger partial charge in [0.05, 0.1) is 0 Å². The molecule has 3 heteroatoms. The van der Waals surface area contributed by atoms with Crippen molar-refractivity contribution < 1.29 is 4.79 Å². The summed E-state index contributed by atoms with van der Waals surface area (Å²) in [6, 6.07) is 8.11. The Morgan fingerprint density at radius 2 is 2.17 bits per heavy atom. The van der Waals surface area contributed by atoms with Crippen molar-refractivity contribution in [3.05, 3.63) is 29.8 Å². The van der Waals surface area contributed by atoms with E-state index in [1.807, 2.05) is 31.2 Å². The minimum absolute atomic E-state index is 0.0836. The Bertz CT molecular complexity index is 417. The fourth-order valence-corrected chi connectivity index (χ4v) is 2.64. The third-order valence-electron chi connectivity index (χ3n) is 3.55. The fraction of sp³-hybridized carbons (Fsp3) is 0.533. The van der Waals surface area contributed by atoms with Crippen LogP contribution in [0.2, 0.25) is 0 Å². The standard InChI is InChI=1S/C15H22N2O/c1-11-5-3-7-13(9-11)16-15(18)17-14-8-4-6-12(2)10-14/h3,5,7,9,12,14H,4,6,8,10H2,1-2H3,(H2,16,17,18)/t12-,14+/m0/s1. The first-order chi connectivity index (χ1) is 8.63. The molecule has 2 rings (SSSR count). The molecule has 1 aromatic carbocycles. The third-order valence-corrected chi connectivity index (χ3v) is 3.55. The minimum atomic E-state index is -0.0836. The van der Waals surface area contributed by atoms with Crippen molar-refractivity contribution >= 4 is 11.7 Å². The number of carbonyl (C=O) groups excluding carboxylic acids is 1. The maximum Gasteiger partial charge on any atom is 0.319 e. The molecule has 0 heterocycles. The highest BCUT2D eigenvalue weighted by Crippen LogP contribution is 2.23. The Labute approximate surface area is 109 Å². The smallest absolute Gasteiger partial charge is 0.319 e. The van der Waals surface area contributed by atoms with Crippen molar-refractivity contribution in [2.45, 2.75) is 45.6 Å². The molecule has 1 aliphatic rings. The minimum Gasteiger partial charge on any atom is -0.335 e. The molecule has 18 heavy (non-hydrogen) atoms. The van der Waals surface area contributed by atoms with Crippen LogP contribution in [0.5, 0.6) is 0 Å². The van der Waals surface area contributed by atoms with E-state index in [1.54, 1.807) is 0 Å². The fourth-order valence-electron chi connectivity index (χ4n) is 2.64. The highest BCUT2D eigenvalue weighted by Gasteiger charge is 2.20. The van der Waals surface area contributed by atoms with E-state index in [4.69, 9.17) is 0 Å². The maximum atomic E-state index is 11.9. The lowest BCUT2D eigenvalue weighted by Gasteiger charge is -2.27. The lowest BCUT2D eigenvalue weighted by molar-refractivity contribution is 0.238. The number of nitrogens with one attached hydrogen (secondary N) is 2. The van der Waals surface area contributed by atoms with Gasteiger partial charge in [-0.1, -0.05) is 31.9 Å². The first kappa shape index (κ1) is 12.9. The van der Waals surface area contributed by atoms with Crippen molar-refractivity contribution in [2.24, 2.45) is 5.92 Å². The largest absolute Gasteiger partial charge is 0.335 e. The van der Waals surface area contributed by atoms with Crippen molar-refractivity contribution in [3.8, 4) is 0 Å². The molecule has 1 saturated carbocycles. The molecular formula is C15H22N2O. The molecule has 1 aliphatic carbocycles. The predicted molar refractivity (Wildman–Crippen MR) is 74.8 cm³/mol. The molecule has 0 aromatic heterocycles. The van der Waals surface area contributed by atoms with E-state index in [2.05, 4.69) is 17.6 Å². The molecule has 0 aliphatic heterocycles. The van der Waals surface area contributed by atoms with E-state index in [0.29, 0.717) is 6.04 Å². The molecule has 2 amide bonds. The molecule has 2 atom stereocenters. The van der Waals surface area contributed by atoms with E-state index in [9.17, 15) is 4.79 Å². The summed E-state index contributed by atoms with van der Waals surface area (Å²) in [6.07, 6.45) is 4.71. The second-order valence-electron chi connectivity index (χ2n) is 5.44. The SMILES string of the molecule is Cc1cccc(NC(=O)N[C@@H]2CCC[C@H](C)C2)c1. The number of anilines is 1. The molecule has 98 valence electrons. The molecule has 2 N–H and O–H groups in total. The van der Waals surface area contributed by atoms with Crippen molar-refractivity contribution in [2.75, 3.05) is 5.32 Å². The van der Waals surface area contributed by atoms with Gasteiger partial charge < -0.3 is 10.6 Å². The number of aryl methyl sites for hydroxylation is 1. The number of hydrogen-bond acceptors (Lipinski definition) is 1. The van der Waals surface area contributed by atoms with Gasteiger partial charge >= 0.3 is 6.03 Å².